The maximum atomic E-state index is 11.6. The highest BCUT2D eigenvalue weighted by molar-refractivity contribution is 7.83. The Balaban J connectivity index is 0.000000258. The highest BCUT2D eigenvalue weighted by atomic mass is 32.1. The number of aldehydes is 1. The third-order valence-electron chi connectivity index (χ3n) is 13.9. The number of hydrogen-bond donors (Lipinski definition) is 5. The maximum absolute atomic E-state index is 11.6. The first-order chi connectivity index (χ1) is 35.3. The molecule has 17 nitrogen and oxygen atoms in total. The van der Waals surface area contributed by atoms with E-state index >= 15 is 0 Å². The maximum Gasteiger partial charge on any atom is 0.408 e. The number of aromatic nitrogens is 2. The molecule has 5 aliphatic heterocycles. The van der Waals surface area contributed by atoms with Crippen LogP contribution in [0.25, 0.3) is 27.9 Å². The SMILES string of the molecule is C=N/C(=C\S)c1ccc2c(c1)c(CC(C)(C)CO)c(-c1cc(C#C[C@@H](C)N3CCOCC3)cnc1[C@H](C)OC)n2CC.CC(C)(C)OC(=O)N[C@H](C=O)CC=CN1CC2(COC2)C1.CN1NCC2CC1C2.O=CO. The van der Waals surface area contributed by atoms with E-state index in [-0.39, 0.29) is 30.6 Å². The Morgan fingerprint density at radius 2 is 1.81 bits per heavy atom. The number of benzene rings is 1. The van der Waals surface area contributed by atoms with Gasteiger partial charge in [-0.1, -0.05) is 37.8 Å². The molecule has 1 amide bonds. The molecule has 2 aromatic heterocycles. The van der Waals surface area contributed by atoms with E-state index in [0.29, 0.717) is 24.0 Å². The van der Waals surface area contributed by atoms with Crippen molar-refractivity contribution in [2.75, 3.05) is 79.9 Å². The summed E-state index contributed by atoms with van der Waals surface area (Å²) in [4.78, 5) is 44.6. The number of nitrogens with one attached hydrogen (secondary N) is 2. The number of aliphatic hydroxyl groups excluding tert-OH is 1. The number of alkyl carbamates (subject to hydrolysis) is 1. The molecule has 7 heterocycles. The number of carboxylic acid groups (broad SMARTS) is 1. The number of likely N-dealkylation sites (tertiary alicyclic amines) is 1. The van der Waals surface area contributed by atoms with Crippen LogP contribution in [0, 0.1) is 28.6 Å². The number of nitrogens with zero attached hydrogens (tertiary/aromatic N) is 6. The van der Waals surface area contributed by atoms with E-state index in [4.69, 9.17) is 33.8 Å². The van der Waals surface area contributed by atoms with Gasteiger partial charge in [0.15, 0.2) is 0 Å². The number of methoxy groups -OCH3 is 1. The molecule has 9 rings (SSSR count). The Hall–Kier alpha value is -5.10. The third kappa shape index (κ3) is 16.2. The van der Waals surface area contributed by atoms with Gasteiger partial charge in [0, 0.05) is 99.9 Å². The Morgan fingerprint density at radius 1 is 1.12 bits per heavy atom. The largest absolute Gasteiger partial charge is 0.483 e. The van der Waals surface area contributed by atoms with Crippen LogP contribution in [0.5, 0.6) is 0 Å². The number of thiol groups is 1. The second-order valence-electron chi connectivity index (χ2n) is 21.6. The lowest BCUT2D eigenvalue weighted by molar-refractivity contribution is -0.176. The molecule has 1 aliphatic carbocycles. The number of amides is 1. The predicted octanol–water partition coefficient (Wildman–Crippen LogP) is 7.22. The van der Waals surface area contributed by atoms with Crippen LogP contribution in [0.4, 0.5) is 4.79 Å². The number of fused-ring (bicyclic) bond motifs is 3. The lowest BCUT2D eigenvalue weighted by Gasteiger charge is -2.54. The van der Waals surface area contributed by atoms with Crippen molar-refractivity contribution in [2.24, 2.45) is 21.7 Å². The van der Waals surface area contributed by atoms with Crippen LogP contribution in [-0.4, -0.2) is 164 Å². The van der Waals surface area contributed by atoms with Crippen LogP contribution in [0.15, 0.2) is 53.1 Å². The van der Waals surface area contributed by atoms with Gasteiger partial charge in [-0.25, -0.2) is 9.80 Å². The van der Waals surface area contributed by atoms with Crippen LogP contribution in [-0.2, 0) is 41.5 Å². The first-order valence-corrected chi connectivity index (χ1v) is 26.2. The van der Waals surface area contributed by atoms with Crippen molar-refractivity contribution < 1.29 is 43.5 Å². The highest BCUT2D eigenvalue weighted by Gasteiger charge is 2.48. The Bertz CT molecular complexity index is 2460. The van der Waals surface area contributed by atoms with E-state index in [2.05, 4.69) is 125 Å². The number of aliphatic imine (C=N–C) groups is 1. The molecule has 1 spiro atoms. The number of hydrogen-bond acceptors (Lipinski definition) is 15. The quantitative estimate of drug-likeness (QED) is 0.0444. The Kier molecular flexibility index (Phi) is 22.3. The van der Waals surface area contributed by atoms with E-state index in [1.165, 1.54) is 19.4 Å². The van der Waals surface area contributed by atoms with Crippen LogP contribution >= 0.6 is 12.6 Å². The van der Waals surface area contributed by atoms with Gasteiger partial charge in [-0.2, -0.15) is 0 Å². The van der Waals surface area contributed by atoms with Crippen molar-refractivity contribution in [1.29, 1.82) is 0 Å². The first kappa shape index (κ1) is 59.8. The van der Waals surface area contributed by atoms with Crippen LogP contribution < -0.4 is 10.7 Å². The standard InChI is InChI=1S/C34H44N4O3S.C15H24N2O4.C6H12N2.CH2O2/c1-8-38-31-12-11-26(30(21-42)35-6)18-27(31)29(19-34(4,5)22-39)33(38)28-17-25(20-36-32(28)24(3)40-7)10-9-23(2)37-13-15-41-16-14-37;1-14(2,3)21-13(19)16-12(7-18)5-4-6-17-8-15(9-17)10-20-11-15;1-8-6-2-5(3-6)4-7-8;2-1-3/h11-12,17-18,20-21,23-24,39,42H,6,8,13-16,19,22H2,1-5,7H3;4,6-7,12H,5,8-11H2,1-3H3,(H,16,19);5-7H,2-4H2,1H3;1H,(H,2,3)/b30-21-;;;/t23-,24+;12-;;/m10../s1. The number of ether oxygens (including phenoxy) is 4. The number of morpholine rings is 1. The lowest BCUT2D eigenvalue weighted by atomic mass is 9.78. The molecule has 1 aromatic carbocycles. The van der Waals surface area contributed by atoms with Gasteiger partial charge in [-0.3, -0.25) is 25.1 Å². The van der Waals surface area contributed by atoms with Gasteiger partial charge < -0.3 is 48.7 Å². The number of aliphatic hydroxyl groups is 1. The number of carbonyl (C=O) groups is 3. The molecule has 0 unspecified atom stereocenters. The van der Waals surface area contributed by atoms with Crippen LogP contribution in [0.3, 0.4) is 0 Å². The zero-order chi connectivity index (χ0) is 54.2. The minimum atomic E-state index is -0.567. The lowest BCUT2D eigenvalue weighted by Crippen LogP contribution is -2.64. The summed E-state index contributed by atoms with van der Waals surface area (Å²) in [6, 6.07) is 8.93. The minimum absolute atomic E-state index is 0.0610. The summed E-state index contributed by atoms with van der Waals surface area (Å²) in [7, 11) is 3.85. The second kappa shape index (κ2) is 27.6. The molecule has 0 radical (unpaired) electrons. The zero-order valence-electron chi connectivity index (χ0n) is 45.4. The predicted molar refractivity (Wildman–Crippen MR) is 295 cm³/mol. The minimum Gasteiger partial charge on any atom is -0.483 e. The molecule has 3 aromatic rings. The van der Waals surface area contributed by atoms with E-state index in [0.717, 1.165) is 122 Å². The van der Waals surface area contributed by atoms with Crippen molar-refractivity contribution in [3.05, 3.63) is 70.5 Å². The molecule has 6 fully saturated rings. The molecule has 2 bridgehead atoms. The summed E-state index contributed by atoms with van der Waals surface area (Å²) in [5, 5.41) is 24.8. The van der Waals surface area contributed by atoms with E-state index < -0.39 is 17.7 Å². The Morgan fingerprint density at radius 3 is 2.32 bits per heavy atom. The van der Waals surface area contributed by atoms with Crippen molar-refractivity contribution in [2.45, 2.75) is 117 Å². The average molecular weight is 1040 g/mol. The fourth-order valence-electron chi connectivity index (χ4n) is 9.60. The summed E-state index contributed by atoms with van der Waals surface area (Å²) < 4.78 is 24.0. The molecule has 18 heteroatoms. The molecule has 4 N–H and O–H groups in total. The van der Waals surface area contributed by atoms with Crippen LogP contribution in [0.1, 0.15) is 103 Å². The normalized spacial score (nSPS) is 20.5. The molecule has 406 valence electrons. The van der Waals surface area contributed by atoms with Crippen molar-refractivity contribution in [3.63, 3.8) is 0 Å². The average Bonchev–Trinajstić information content (AvgIpc) is 3.64. The smallest absolute Gasteiger partial charge is 0.408 e. The second-order valence-corrected chi connectivity index (χ2v) is 21.8. The molecular weight excluding hydrogens is 961 g/mol. The first-order valence-electron chi connectivity index (χ1n) is 25.7. The van der Waals surface area contributed by atoms with Gasteiger partial charge >= 0.3 is 6.09 Å². The van der Waals surface area contributed by atoms with E-state index in [1.54, 1.807) is 33.3 Å². The van der Waals surface area contributed by atoms with Gasteiger partial charge in [-0.05, 0) is 121 Å². The van der Waals surface area contributed by atoms with Gasteiger partial charge in [0.1, 0.15) is 11.9 Å². The zero-order valence-corrected chi connectivity index (χ0v) is 46.3. The number of hydrazine groups is 1. The van der Waals surface area contributed by atoms with Gasteiger partial charge in [0.2, 0.25) is 0 Å². The summed E-state index contributed by atoms with van der Waals surface area (Å²) >= 11 is 4.36. The summed E-state index contributed by atoms with van der Waals surface area (Å²) in [5.74, 6) is 7.85. The molecule has 74 heavy (non-hydrogen) atoms. The molecule has 1 saturated carbocycles. The number of carbonyl (C=O) groups excluding carboxylic acids is 2. The van der Waals surface area contributed by atoms with Gasteiger partial charge in [0.25, 0.3) is 6.47 Å². The van der Waals surface area contributed by atoms with Crippen molar-refractivity contribution in [1.82, 2.24) is 35.1 Å². The number of rotatable bonds is 15. The monoisotopic (exact) mass is 1040 g/mol. The summed E-state index contributed by atoms with van der Waals surface area (Å²) in [5.41, 5.74) is 10.5. The molecule has 3 atom stereocenters. The third-order valence-corrected chi connectivity index (χ3v) is 14.2. The molecule has 6 aliphatic rings. The van der Waals surface area contributed by atoms with E-state index in [1.807, 2.05) is 25.4 Å². The number of aryl methyl sites for hydroxylation is 1. The van der Waals surface area contributed by atoms with Gasteiger partial charge in [-0.15, -0.1) is 12.6 Å². The van der Waals surface area contributed by atoms with E-state index in [9.17, 15) is 14.7 Å². The highest BCUT2D eigenvalue weighted by Crippen LogP contribution is 2.42. The fourth-order valence-corrected chi connectivity index (χ4v) is 9.83. The topological polar surface area (TPSA) is 193 Å². The van der Waals surface area contributed by atoms with Crippen LogP contribution in [0.2, 0.25) is 0 Å². The summed E-state index contributed by atoms with van der Waals surface area (Å²) in [6.07, 6.45) is 9.67. The Labute approximate surface area is 444 Å². The molecule has 5 saturated heterocycles. The fraction of sp³-hybridized carbons (Fsp3) is 0.589. The van der Waals surface area contributed by atoms with Crippen molar-refractivity contribution in [3.8, 4) is 23.1 Å². The summed E-state index contributed by atoms with van der Waals surface area (Å²) in [6.45, 7) is 28.3. The van der Waals surface area contributed by atoms with Crippen molar-refractivity contribution >= 4 is 54.8 Å². The van der Waals surface area contributed by atoms with Gasteiger partial charge in [0.05, 0.1) is 67.1 Å². The number of pyridine rings is 1. The molecular formula is C56H82N8O9S.